The van der Waals surface area contributed by atoms with Gasteiger partial charge in [-0.05, 0) is 47.0 Å². The first-order valence-electron chi connectivity index (χ1n) is 7.72. The molecule has 1 aliphatic rings. The Morgan fingerprint density at radius 1 is 1.42 bits per heavy atom. The number of ether oxygens (including phenoxy) is 2. The molecule has 0 bridgehead atoms. The van der Waals surface area contributed by atoms with E-state index in [0.29, 0.717) is 22.5 Å². The van der Waals surface area contributed by atoms with Crippen molar-refractivity contribution in [3.05, 3.63) is 38.8 Å². The van der Waals surface area contributed by atoms with Crippen LogP contribution >= 0.6 is 27.7 Å². The largest absolute Gasteiger partial charge is 0.506 e. The molecule has 26 heavy (non-hydrogen) atoms. The van der Waals surface area contributed by atoms with Crippen molar-refractivity contribution >= 4 is 45.5 Å². The third kappa shape index (κ3) is 5.01. The Bertz CT molecular complexity index is 764. The minimum absolute atomic E-state index is 0.0732. The molecule has 2 rings (SSSR count). The first-order valence-corrected chi connectivity index (χ1v) is 9.50. The molecule has 0 aliphatic carbocycles. The molecule has 1 heterocycles. The number of thioether (sulfide) groups is 1. The van der Waals surface area contributed by atoms with Crippen LogP contribution in [0, 0.1) is 6.92 Å². The van der Waals surface area contributed by atoms with Crippen molar-refractivity contribution in [2.24, 2.45) is 0 Å². The fourth-order valence-electron chi connectivity index (χ4n) is 2.28. The van der Waals surface area contributed by atoms with Crippen LogP contribution < -0.4 is 0 Å². The quantitative estimate of drug-likeness (QED) is 0.410. The summed E-state index contributed by atoms with van der Waals surface area (Å²) >= 11 is 4.44. The Balaban J connectivity index is 1.90. The molecule has 9 heteroatoms. The molecule has 1 amide bonds. The summed E-state index contributed by atoms with van der Waals surface area (Å²) in [5, 5.41) is 10.5. The zero-order chi connectivity index (χ0) is 19.3. The lowest BCUT2D eigenvalue weighted by atomic mass is 10.1. The lowest BCUT2D eigenvalue weighted by molar-refractivity contribution is -0.134. The van der Waals surface area contributed by atoms with Gasteiger partial charge >= 0.3 is 11.9 Å². The second-order valence-electron chi connectivity index (χ2n) is 5.47. The van der Waals surface area contributed by atoms with Gasteiger partial charge in [-0.25, -0.2) is 9.59 Å². The number of benzene rings is 1. The number of amides is 1. The van der Waals surface area contributed by atoms with E-state index in [4.69, 9.17) is 4.74 Å². The molecule has 1 aliphatic heterocycles. The minimum atomic E-state index is -0.639. The zero-order valence-electron chi connectivity index (χ0n) is 14.3. The molecule has 1 N–H and O–H groups in total. The number of phenolic OH excluding ortho intramolecular Hbond substituents is 1. The van der Waals surface area contributed by atoms with Crippen LogP contribution in [0.5, 0.6) is 5.75 Å². The van der Waals surface area contributed by atoms with Crippen molar-refractivity contribution in [3.8, 4) is 5.75 Å². The van der Waals surface area contributed by atoms with E-state index in [-0.39, 0.29) is 29.6 Å². The summed E-state index contributed by atoms with van der Waals surface area (Å²) in [4.78, 5) is 36.8. The van der Waals surface area contributed by atoms with E-state index in [2.05, 4.69) is 20.7 Å². The van der Waals surface area contributed by atoms with Gasteiger partial charge in [-0.3, -0.25) is 4.79 Å². The van der Waals surface area contributed by atoms with Crippen LogP contribution in [0.4, 0.5) is 0 Å². The van der Waals surface area contributed by atoms with E-state index in [1.54, 1.807) is 19.1 Å². The van der Waals surface area contributed by atoms with Crippen LogP contribution in [0.1, 0.15) is 22.3 Å². The first-order chi connectivity index (χ1) is 12.3. The van der Waals surface area contributed by atoms with E-state index in [1.807, 2.05) is 0 Å². The van der Waals surface area contributed by atoms with Gasteiger partial charge in [0.05, 0.1) is 35.0 Å². The van der Waals surface area contributed by atoms with Gasteiger partial charge in [0.25, 0.3) is 0 Å². The molecule has 140 valence electrons. The molecule has 0 unspecified atom stereocenters. The Morgan fingerprint density at radius 2 is 2.15 bits per heavy atom. The van der Waals surface area contributed by atoms with Gasteiger partial charge in [0.2, 0.25) is 5.91 Å². The van der Waals surface area contributed by atoms with E-state index in [9.17, 15) is 19.5 Å². The number of aromatic hydroxyl groups is 1. The standard InChI is InChI=1S/C17H18BrNO6S/c1-10-6-11(16(22)12(18)7-10)17(23)25-5-3-4-19-13(20)9-26-14(19)8-15(21)24-2/h6-8,22H,3-5,9H2,1-2H3/b14-8+. The number of nitrogens with zero attached hydrogens (tertiary/aromatic N) is 1. The molecule has 0 radical (unpaired) electrons. The highest BCUT2D eigenvalue weighted by atomic mass is 79.9. The highest BCUT2D eigenvalue weighted by molar-refractivity contribution is 9.10. The summed E-state index contributed by atoms with van der Waals surface area (Å²) in [5.41, 5.74) is 0.884. The van der Waals surface area contributed by atoms with Crippen molar-refractivity contribution in [2.45, 2.75) is 13.3 Å². The summed E-state index contributed by atoms with van der Waals surface area (Å²) in [6, 6.07) is 3.23. The summed E-state index contributed by atoms with van der Waals surface area (Å²) in [5.74, 6) is -1.20. The SMILES string of the molecule is COC(=O)/C=C1/SCC(=O)N1CCCOC(=O)c1cc(C)cc(Br)c1O. The molecule has 1 aromatic rings. The summed E-state index contributed by atoms with van der Waals surface area (Å²) < 4.78 is 10.2. The van der Waals surface area contributed by atoms with Crippen LogP contribution in [0.3, 0.4) is 0 Å². The molecule has 0 atom stereocenters. The molecular weight excluding hydrogens is 426 g/mol. The summed E-state index contributed by atoms with van der Waals surface area (Å²) in [6.45, 7) is 2.18. The maximum atomic E-state index is 12.1. The van der Waals surface area contributed by atoms with E-state index in [0.717, 1.165) is 5.56 Å². The highest BCUT2D eigenvalue weighted by Gasteiger charge is 2.27. The normalized spacial score (nSPS) is 15.4. The van der Waals surface area contributed by atoms with Gasteiger partial charge in [0.1, 0.15) is 11.3 Å². The smallest absolute Gasteiger partial charge is 0.341 e. The van der Waals surface area contributed by atoms with E-state index >= 15 is 0 Å². The third-order valence-electron chi connectivity index (χ3n) is 3.54. The number of carbonyl (C=O) groups is 3. The molecule has 0 aromatic heterocycles. The predicted molar refractivity (Wildman–Crippen MR) is 99.7 cm³/mol. The molecule has 1 saturated heterocycles. The van der Waals surface area contributed by atoms with Gasteiger partial charge in [-0.1, -0.05) is 11.8 Å². The monoisotopic (exact) mass is 443 g/mol. The topological polar surface area (TPSA) is 93.1 Å². The number of carbonyl (C=O) groups excluding carboxylic acids is 3. The van der Waals surface area contributed by atoms with Gasteiger partial charge < -0.3 is 19.5 Å². The Kier molecular flexibility index (Phi) is 7.10. The number of aryl methyl sites for hydroxylation is 1. The number of phenols is 1. The average molecular weight is 444 g/mol. The lowest BCUT2D eigenvalue weighted by Crippen LogP contribution is -2.27. The Morgan fingerprint density at radius 3 is 2.85 bits per heavy atom. The molecule has 0 saturated carbocycles. The average Bonchev–Trinajstić information content (AvgIpc) is 2.94. The van der Waals surface area contributed by atoms with Crippen molar-refractivity contribution in [3.63, 3.8) is 0 Å². The lowest BCUT2D eigenvalue weighted by Gasteiger charge is -2.16. The molecule has 1 aromatic carbocycles. The van der Waals surface area contributed by atoms with Gasteiger partial charge in [-0.15, -0.1) is 0 Å². The Hall–Kier alpha value is -2.00. The predicted octanol–water partition coefficient (Wildman–Crippen LogP) is 2.60. The van der Waals surface area contributed by atoms with Gasteiger partial charge in [0.15, 0.2) is 0 Å². The number of rotatable bonds is 6. The number of hydrogen-bond acceptors (Lipinski definition) is 7. The van der Waals surface area contributed by atoms with Crippen LogP contribution in [0.25, 0.3) is 0 Å². The van der Waals surface area contributed by atoms with Crippen LogP contribution in [0.15, 0.2) is 27.7 Å². The maximum absolute atomic E-state index is 12.1. The van der Waals surface area contributed by atoms with Gasteiger partial charge in [0, 0.05) is 6.54 Å². The first kappa shape index (κ1) is 20.3. The van der Waals surface area contributed by atoms with Crippen LogP contribution in [0.2, 0.25) is 0 Å². The third-order valence-corrected chi connectivity index (χ3v) is 5.17. The van der Waals surface area contributed by atoms with E-state index < -0.39 is 11.9 Å². The van der Waals surface area contributed by atoms with Gasteiger partial charge in [-0.2, -0.15) is 0 Å². The molecule has 1 fully saturated rings. The number of esters is 2. The van der Waals surface area contributed by atoms with Crippen molar-refractivity contribution in [2.75, 3.05) is 26.0 Å². The maximum Gasteiger partial charge on any atom is 0.341 e. The molecule has 0 spiro atoms. The van der Waals surface area contributed by atoms with Crippen molar-refractivity contribution in [1.82, 2.24) is 4.90 Å². The second-order valence-corrected chi connectivity index (χ2v) is 7.32. The fourth-order valence-corrected chi connectivity index (χ4v) is 3.81. The number of hydrogen-bond donors (Lipinski definition) is 1. The van der Waals surface area contributed by atoms with Crippen molar-refractivity contribution in [1.29, 1.82) is 0 Å². The van der Waals surface area contributed by atoms with Crippen molar-refractivity contribution < 1.29 is 29.0 Å². The summed E-state index contributed by atoms with van der Waals surface area (Å²) in [7, 11) is 1.27. The second kappa shape index (κ2) is 9.09. The highest BCUT2D eigenvalue weighted by Crippen LogP contribution is 2.30. The number of methoxy groups -OCH3 is 1. The van der Waals surface area contributed by atoms with Crippen LogP contribution in [-0.4, -0.2) is 53.9 Å². The molecule has 7 nitrogen and oxygen atoms in total. The number of halogens is 1. The van der Waals surface area contributed by atoms with E-state index in [1.165, 1.54) is 29.8 Å². The fraction of sp³-hybridized carbons (Fsp3) is 0.353. The Labute approximate surface area is 163 Å². The van der Waals surface area contributed by atoms with Crippen LogP contribution in [-0.2, 0) is 19.1 Å². The zero-order valence-corrected chi connectivity index (χ0v) is 16.7. The molecular formula is C17H18BrNO6S. The summed E-state index contributed by atoms with van der Waals surface area (Å²) in [6.07, 6.45) is 1.66. The minimum Gasteiger partial charge on any atom is -0.506 e.